The van der Waals surface area contributed by atoms with Crippen LogP contribution in [0.15, 0.2) is 52.4 Å². The fraction of sp³-hybridized carbons (Fsp3) is 0.269. The Kier molecular flexibility index (Phi) is 8.36. The zero-order valence-electron chi connectivity index (χ0n) is 19.1. The minimum atomic E-state index is 0. The number of aryl methyl sites for hydroxylation is 5. The normalized spacial score (nSPS) is 12.0. The molecule has 5 heteroatoms. The monoisotopic (exact) mass is 473 g/mol. The summed E-state index contributed by atoms with van der Waals surface area (Å²) in [6, 6.07) is 14.3. The van der Waals surface area contributed by atoms with E-state index in [2.05, 4.69) is 39.0 Å². The van der Waals surface area contributed by atoms with Crippen molar-refractivity contribution in [3.8, 4) is 0 Å². The maximum Gasteiger partial charge on any atom is 0.0849 e. The van der Waals surface area contributed by atoms with E-state index in [1.165, 1.54) is 16.7 Å². The van der Waals surface area contributed by atoms with Crippen LogP contribution < -0.4 is 0 Å². The number of nitrogens with zero attached hydrogens (tertiary/aromatic N) is 3. The SMILES string of the molecule is CC(=Nc1c(C)cc(C)cc1C)c1cccc(C(C)=Nc2c(C)cc(C)cc2Cl)n1.[Fe]. The molecule has 1 heterocycles. The summed E-state index contributed by atoms with van der Waals surface area (Å²) in [7, 11) is 0. The van der Waals surface area contributed by atoms with E-state index in [1.807, 2.05) is 52.0 Å². The van der Waals surface area contributed by atoms with Gasteiger partial charge in [-0.25, -0.2) is 9.98 Å². The summed E-state index contributed by atoms with van der Waals surface area (Å²) in [5, 5.41) is 0.658. The molecule has 0 amide bonds. The van der Waals surface area contributed by atoms with Gasteiger partial charge in [0.2, 0.25) is 0 Å². The summed E-state index contributed by atoms with van der Waals surface area (Å²) in [5.41, 5.74) is 10.9. The van der Waals surface area contributed by atoms with Gasteiger partial charge in [-0.2, -0.15) is 0 Å². The fourth-order valence-corrected chi connectivity index (χ4v) is 4.05. The van der Waals surface area contributed by atoms with Crippen molar-refractivity contribution in [2.45, 2.75) is 48.5 Å². The van der Waals surface area contributed by atoms with Crippen molar-refractivity contribution in [3.05, 3.63) is 86.7 Å². The first kappa shape index (κ1) is 25.0. The number of pyridine rings is 1. The summed E-state index contributed by atoms with van der Waals surface area (Å²) in [6.07, 6.45) is 0. The van der Waals surface area contributed by atoms with Gasteiger partial charge in [0, 0.05) is 17.1 Å². The van der Waals surface area contributed by atoms with E-state index in [1.54, 1.807) is 0 Å². The number of rotatable bonds is 4. The molecule has 3 rings (SSSR count). The maximum absolute atomic E-state index is 6.43. The Hall–Kier alpha value is -2.26. The van der Waals surface area contributed by atoms with Gasteiger partial charge in [0.1, 0.15) is 0 Å². The smallest absolute Gasteiger partial charge is 0.0849 e. The van der Waals surface area contributed by atoms with Crippen LogP contribution in [-0.2, 0) is 17.1 Å². The largest absolute Gasteiger partial charge is 0.251 e. The van der Waals surface area contributed by atoms with E-state index >= 15 is 0 Å². The second kappa shape index (κ2) is 10.4. The van der Waals surface area contributed by atoms with E-state index in [-0.39, 0.29) is 17.1 Å². The van der Waals surface area contributed by atoms with Gasteiger partial charge in [-0.15, -0.1) is 0 Å². The van der Waals surface area contributed by atoms with Gasteiger partial charge in [-0.3, -0.25) is 4.99 Å². The van der Waals surface area contributed by atoms with Gasteiger partial charge in [0.05, 0.1) is 39.2 Å². The first-order valence-corrected chi connectivity index (χ1v) is 10.5. The number of aliphatic imine (C=N–C) groups is 2. The Bertz CT molecular complexity index is 1040. The molecule has 0 unspecified atom stereocenters. The molecule has 31 heavy (non-hydrogen) atoms. The van der Waals surface area contributed by atoms with E-state index in [4.69, 9.17) is 26.6 Å². The molecular formula is C26H28ClFeN3. The van der Waals surface area contributed by atoms with Gasteiger partial charge < -0.3 is 0 Å². The molecule has 3 aromatic rings. The molecule has 0 aliphatic carbocycles. The number of benzene rings is 2. The molecule has 0 saturated heterocycles. The van der Waals surface area contributed by atoms with Gasteiger partial charge in [0.15, 0.2) is 0 Å². The van der Waals surface area contributed by atoms with Crippen LogP contribution in [0.2, 0.25) is 5.02 Å². The number of aromatic nitrogens is 1. The summed E-state index contributed by atoms with van der Waals surface area (Å²) in [6.45, 7) is 14.3. The van der Waals surface area contributed by atoms with E-state index in [0.717, 1.165) is 45.3 Å². The molecule has 0 saturated carbocycles. The third kappa shape index (κ3) is 5.92. The maximum atomic E-state index is 6.43. The van der Waals surface area contributed by atoms with Gasteiger partial charge in [0.25, 0.3) is 0 Å². The van der Waals surface area contributed by atoms with Gasteiger partial charge in [-0.05, 0) is 88.9 Å². The number of hydrogen-bond acceptors (Lipinski definition) is 3. The van der Waals surface area contributed by atoms with Crippen molar-refractivity contribution in [2.75, 3.05) is 0 Å². The zero-order chi connectivity index (χ0) is 22.0. The Morgan fingerprint density at radius 2 is 1.13 bits per heavy atom. The third-order valence-electron chi connectivity index (χ3n) is 5.08. The minimum Gasteiger partial charge on any atom is -0.251 e. The Balaban J connectivity index is 0.00000341. The standard InChI is InChI=1S/C26H28ClN3.Fe/c1-15-11-17(3)25(18(4)12-15)28-20(6)23-9-8-10-24(30-23)21(7)29-26-19(5)13-16(2)14-22(26)27;/h8-14H,1-7H3;. The quantitative estimate of drug-likeness (QED) is 0.284. The van der Waals surface area contributed by atoms with E-state index < -0.39 is 0 Å². The van der Waals surface area contributed by atoms with Crippen LogP contribution in [0, 0.1) is 34.6 Å². The Morgan fingerprint density at radius 1 is 0.710 bits per heavy atom. The topological polar surface area (TPSA) is 37.6 Å². The van der Waals surface area contributed by atoms with Crippen molar-refractivity contribution in [3.63, 3.8) is 0 Å². The summed E-state index contributed by atoms with van der Waals surface area (Å²) in [5.74, 6) is 0. The predicted molar refractivity (Wildman–Crippen MR) is 130 cm³/mol. The average Bonchev–Trinajstić information content (AvgIpc) is 2.67. The second-order valence-electron chi connectivity index (χ2n) is 7.96. The first-order chi connectivity index (χ1) is 14.2. The Labute approximate surface area is 201 Å². The third-order valence-corrected chi connectivity index (χ3v) is 5.37. The Morgan fingerprint density at radius 3 is 1.61 bits per heavy atom. The van der Waals surface area contributed by atoms with Crippen LogP contribution >= 0.6 is 11.6 Å². The molecule has 0 N–H and O–H groups in total. The molecule has 0 bridgehead atoms. The molecule has 0 atom stereocenters. The van der Waals surface area contributed by atoms with Crippen molar-refractivity contribution < 1.29 is 17.1 Å². The van der Waals surface area contributed by atoms with E-state index in [0.29, 0.717) is 5.02 Å². The van der Waals surface area contributed by atoms with Crippen molar-refractivity contribution in [2.24, 2.45) is 9.98 Å². The summed E-state index contributed by atoms with van der Waals surface area (Å²) in [4.78, 5) is 14.5. The molecule has 162 valence electrons. The number of halogens is 1. The molecule has 0 aliphatic rings. The second-order valence-corrected chi connectivity index (χ2v) is 8.37. The molecule has 0 radical (unpaired) electrons. The van der Waals surface area contributed by atoms with Gasteiger partial charge in [-0.1, -0.05) is 41.4 Å². The molecular weight excluding hydrogens is 446 g/mol. The van der Waals surface area contributed by atoms with Crippen LogP contribution in [0.3, 0.4) is 0 Å². The summed E-state index contributed by atoms with van der Waals surface area (Å²) < 4.78 is 0. The van der Waals surface area contributed by atoms with Crippen LogP contribution in [-0.4, -0.2) is 16.4 Å². The first-order valence-electron chi connectivity index (χ1n) is 10.1. The molecule has 0 spiro atoms. The van der Waals surface area contributed by atoms with Gasteiger partial charge >= 0.3 is 0 Å². The van der Waals surface area contributed by atoms with Crippen LogP contribution in [0.4, 0.5) is 11.4 Å². The zero-order valence-corrected chi connectivity index (χ0v) is 21.0. The van der Waals surface area contributed by atoms with Crippen LogP contribution in [0.1, 0.15) is 53.1 Å². The fourth-order valence-electron chi connectivity index (χ4n) is 3.69. The van der Waals surface area contributed by atoms with E-state index in [9.17, 15) is 0 Å². The van der Waals surface area contributed by atoms with Crippen molar-refractivity contribution in [1.82, 2.24) is 4.98 Å². The molecule has 1 aromatic heterocycles. The molecule has 0 aliphatic heterocycles. The van der Waals surface area contributed by atoms with Crippen LogP contribution in [0.5, 0.6) is 0 Å². The number of hydrogen-bond donors (Lipinski definition) is 0. The predicted octanol–water partition coefficient (Wildman–Crippen LogP) is 7.56. The van der Waals surface area contributed by atoms with Crippen molar-refractivity contribution >= 4 is 34.4 Å². The molecule has 0 fully saturated rings. The summed E-state index contributed by atoms with van der Waals surface area (Å²) >= 11 is 6.43. The van der Waals surface area contributed by atoms with Crippen molar-refractivity contribution in [1.29, 1.82) is 0 Å². The minimum absolute atomic E-state index is 0. The molecule has 3 nitrogen and oxygen atoms in total. The van der Waals surface area contributed by atoms with Crippen LogP contribution in [0.25, 0.3) is 0 Å². The average molecular weight is 474 g/mol. The molecule has 2 aromatic carbocycles.